The van der Waals surface area contributed by atoms with Gasteiger partial charge in [-0.2, -0.15) is 0 Å². The van der Waals surface area contributed by atoms with Crippen molar-refractivity contribution in [1.82, 2.24) is 5.32 Å². The molecule has 168 valence electrons. The number of aliphatic hydroxyl groups excluding tert-OH is 1. The Labute approximate surface area is 177 Å². The zero-order valence-electron chi connectivity index (χ0n) is 17.4. The first-order valence-corrected chi connectivity index (χ1v) is 9.31. The molecular weight excluding hydrogens is 414 g/mol. The van der Waals surface area contributed by atoms with Crippen LogP contribution in [0.15, 0.2) is 18.2 Å². The van der Waals surface area contributed by atoms with Crippen LogP contribution in [0.3, 0.4) is 0 Å². The maximum Gasteiger partial charge on any atom is 0.407 e. The summed E-state index contributed by atoms with van der Waals surface area (Å²) in [4.78, 5) is 35.4. The number of alkyl carbamates (subject to hydrolysis) is 1. The summed E-state index contributed by atoms with van der Waals surface area (Å²) in [5, 5.41) is 13.3. The van der Waals surface area contributed by atoms with Gasteiger partial charge in [-0.1, -0.05) is 0 Å². The molecule has 0 fully saturated rings. The molecule has 0 radical (unpaired) electrons. The van der Waals surface area contributed by atoms with Crippen LogP contribution in [-0.2, 0) is 23.8 Å². The van der Waals surface area contributed by atoms with E-state index in [1.165, 1.54) is 20.3 Å². The molecule has 0 saturated heterocycles. The SMILES string of the molecule is COC(=O)N[C@@H]1C(c2cc(OC)c3c(c2)OCO3)=C[C@@H](O)[C@@H](OC(C)=O)[C@H]1OC(C)=O. The Bertz CT molecular complexity index is 911. The lowest BCUT2D eigenvalue weighted by Crippen LogP contribution is -2.57. The van der Waals surface area contributed by atoms with Gasteiger partial charge in [-0.3, -0.25) is 9.59 Å². The average molecular weight is 437 g/mol. The van der Waals surface area contributed by atoms with E-state index >= 15 is 0 Å². The van der Waals surface area contributed by atoms with Gasteiger partial charge in [0.15, 0.2) is 23.7 Å². The number of amides is 1. The molecule has 0 bridgehead atoms. The van der Waals surface area contributed by atoms with Gasteiger partial charge in [0, 0.05) is 13.8 Å². The summed E-state index contributed by atoms with van der Waals surface area (Å²) in [6.45, 7) is 2.32. The first-order valence-electron chi connectivity index (χ1n) is 9.31. The van der Waals surface area contributed by atoms with E-state index in [4.69, 9.17) is 28.4 Å². The molecule has 1 aliphatic carbocycles. The van der Waals surface area contributed by atoms with Crippen LogP contribution in [0.1, 0.15) is 19.4 Å². The molecule has 2 aliphatic rings. The third-order valence-corrected chi connectivity index (χ3v) is 4.73. The van der Waals surface area contributed by atoms with E-state index in [2.05, 4.69) is 5.32 Å². The number of ether oxygens (including phenoxy) is 6. The first-order chi connectivity index (χ1) is 14.7. The molecular formula is C20H23NO10. The van der Waals surface area contributed by atoms with Crippen LogP contribution in [0.5, 0.6) is 17.2 Å². The summed E-state index contributed by atoms with van der Waals surface area (Å²) in [6.07, 6.45) is -3.27. The normalized spacial score (nSPS) is 24.0. The number of hydrogen-bond acceptors (Lipinski definition) is 10. The van der Waals surface area contributed by atoms with Crippen molar-refractivity contribution in [2.45, 2.75) is 38.2 Å². The number of benzene rings is 1. The number of rotatable bonds is 5. The molecule has 3 rings (SSSR count). The fourth-order valence-electron chi connectivity index (χ4n) is 3.52. The fraction of sp³-hybridized carbons (Fsp3) is 0.450. The highest BCUT2D eigenvalue weighted by atomic mass is 16.7. The lowest BCUT2D eigenvalue weighted by molar-refractivity contribution is -0.174. The average Bonchev–Trinajstić information content (AvgIpc) is 3.19. The minimum Gasteiger partial charge on any atom is -0.493 e. The Morgan fingerprint density at radius 1 is 1.06 bits per heavy atom. The molecule has 1 aliphatic heterocycles. The Balaban J connectivity index is 2.12. The van der Waals surface area contributed by atoms with Crippen LogP contribution >= 0.6 is 0 Å². The molecule has 11 nitrogen and oxygen atoms in total. The summed E-state index contributed by atoms with van der Waals surface area (Å²) in [5.41, 5.74) is 0.851. The van der Waals surface area contributed by atoms with Crippen molar-refractivity contribution in [2.24, 2.45) is 0 Å². The minimum atomic E-state index is -1.34. The zero-order chi connectivity index (χ0) is 22.7. The van der Waals surface area contributed by atoms with Crippen molar-refractivity contribution in [3.05, 3.63) is 23.8 Å². The third kappa shape index (κ3) is 4.66. The summed E-state index contributed by atoms with van der Waals surface area (Å²) >= 11 is 0. The van der Waals surface area contributed by atoms with E-state index in [-0.39, 0.29) is 6.79 Å². The van der Waals surface area contributed by atoms with Crippen molar-refractivity contribution < 1.29 is 47.9 Å². The van der Waals surface area contributed by atoms with Gasteiger partial charge < -0.3 is 38.8 Å². The first kappa shape index (κ1) is 22.2. The number of carbonyl (C=O) groups is 3. The van der Waals surface area contributed by atoms with Gasteiger partial charge in [-0.15, -0.1) is 0 Å². The number of methoxy groups -OCH3 is 2. The van der Waals surface area contributed by atoms with Crippen LogP contribution in [0.4, 0.5) is 4.79 Å². The topological polar surface area (TPSA) is 139 Å². The predicted molar refractivity (Wildman–Crippen MR) is 104 cm³/mol. The Hall–Kier alpha value is -3.47. The standard InChI is InChI=1S/C20H23NO10/c1-9(22)30-17-13(24)7-12(16(21-20(25)27-4)19(17)31-10(2)23)11-5-14(26-3)18-15(6-11)28-8-29-18/h5-7,13,16-17,19,24H,8H2,1-4H3,(H,21,25)/t13-,16-,17-,19+/m1/s1. The van der Waals surface area contributed by atoms with Crippen LogP contribution in [-0.4, -0.2) is 68.5 Å². The number of esters is 2. The molecule has 0 unspecified atom stereocenters. The number of fused-ring (bicyclic) bond motifs is 1. The van der Waals surface area contributed by atoms with E-state index in [0.717, 1.165) is 13.8 Å². The molecule has 4 atom stereocenters. The van der Waals surface area contributed by atoms with Gasteiger partial charge in [0.2, 0.25) is 12.5 Å². The van der Waals surface area contributed by atoms with Gasteiger partial charge in [-0.05, 0) is 29.3 Å². The largest absolute Gasteiger partial charge is 0.493 e. The minimum absolute atomic E-state index is 0.00522. The molecule has 0 aromatic heterocycles. The highest BCUT2D eigenvalue weighted by molar-refractivity contribution is 5.81. The molecule has 1 heterocycles. The van der Waals surface area contributed by atoms with Crippen LogP contribution < -0.4 is 19.5 Å². The molecule has 0 saturated carbocycles. The van der Waals surface area contributed by atoms with Crippen LogP contribution in [0, 0.1) is 0 Å². The maximum atomic E-state index is 12.1. The molecule has 0 spiro atoms. The quantitative estimate of drug-likeness (QED) is 0.501. The van der Waals surface area contributed by atoms with E-state index in [1.807, 2.05) is 0 Å². The second-order valence-corrected chi connectivity index (χ2v) is 6.79. The molecule has 2 N–H and O–H groups in total. The summed E-state index contributed by atoms with van der Waals surface area (Å²) in [6, 6.07) is 2.22. The van der Waals surface area contributed by atoms with E-state index < -0.39 is 42.4 Å². The number of carbonyl (C=O) groups excluding carboxylic acids is 3. The van der Waals surface area contributed by atoms with Gasteiger partial charge in [-0.25, -0.2) is 4.79 Å². The number of nitrogens with one attached hydrogen (secondary N) is 1. The Morgan fingerprint density at radius 2 is 1.74 bits per heavy atom. The highest BCUT2D eigenvalue weighted by Gasteiger charge is 2.45. The smallest absolute Gasteiger partial charge is 0.407 e. The number of hydrogen-bond donors (Lipinski definition) is 2. The highest BCUT2D eigenvalue weighted by Crippen LogP contribution is 2.44. The van der Waals surface area contributed by atoms with Crippen molar-refractivity contribution in [3.8, 4) is 17.2 Å². The van der Waals surface area contributed by atoms with Gasteiger partial charge in [0.25, 0.3) is 0 Å². The van der Waals surface area contributed by atoms with Crippen molar-refractivity contribution in [3.63, 3.8) is 0 Å². The zero-order valence-corrected chi connectivity index (χ0v) is 17.4. The summed E-state index contributed by atoms with van der Waals surface area (Å²) in [5.74, 6) is -0.221. The molecule has 31 heavy (non-hydrogen) atoms. The van der Waals surface area contributed by atoms with Crippen LogP contribution in [0.25, 0.3) is 5.57 Å². The van der Waals surface area contributed by atoms with Crippen molar-refractivity contribution >= 4 is 23.6 Å². The summed E-state index contributed by atoms with van der Waals surface area (Å²) in [7, 11) is 2.62. The van der Waals surface area contributed by atoms with Gasteiger partial charge >= 0.3 is 18.0 Å². The molecule has 1 amide bonds. The van der Waals surface area contributed by atoms with Crippen LogP contribution in [0.2, 0.25) is 0 Å². The van der Waals surface area contributed by atoms with Gasteiger partial charge in [0.05, 0.1) is 20.3 Å². The Morgan fingerprint density at radius 3 is 2.35 bits per heavy atom. The lowest BCUT2D eigenvalue weighted by atomic mass is 9.83. The predicted octanol–water partition coefficient (Wildman–Crippen LogP) is 0.770. The number of aliphatic hydroxyl groups is 1. The third-order valence-electron chi connectivity index (χ3n) is 4.73. The maximum absolute atomic E-state index is 12.1. The van der Waals surface area contributed by atoms with E-state index in [1.54, 1.807) is 12.1 Å². The van der Waals surface area contributed by atoms with Crippen molar-refractivity contribution in [2.75, 3.05) is 21.0 Å². The second kappa shape index (κ2) is 9.13. The Kier molecular flexibility index (Phi) is 6.54. The van der Waals surface area contributed by atoms with Crippen molar-refractivity contribution in [1.29, 1.82) is 0 Å². The fourth-order valence-corrected chi connectivity index (χ4v) is 3.52. The van der Waals surface area contributed by atoms with E-state index in [9.17, 15) is 19.5 Å². The molecule has 1 aromatic rings. The molecule has 11 heteroatoms. The summed E-state index contributed by atoms with van der Waals surface area (Å²) < 4.78 is 31.4. The molecule has 1 aromatic carbocycles. The lowest BCUT2D eigenvalue weighted by Gasteiger charge is -2.39. The van der Waals surface area contributed by atoms with E-state index in [0.29, 0.717) is 28.4 Å². The monoisotopic (exact) mass is 437 g/mol. The second-order valence-electron chi connectivity index (χ2n) is 6.79. The van der Waals surface area contributed by atoms with Gasteiger partial charge in [0.1, 0.15) is 6.10 Å².